The standard InChI is InChI=1S/C23H27N5O3/c1-3-18-22-19(28(26-18)17-7-8-17)12-24-27(23(22)30)13-21(29)25-14(2)15-6-9-20-16(11-15)5-4-10-31-20/h6,9,11-12,14,17H,3-5,7-8,10,13H2,1-2H3,(H,25,29). The molecule has 0 spiro atoms. The van der Waals surface area contributed by atoms with E-state index in [0.717, 1.165) is 54.8 Å². The van der Waals surface area contributed by atoms with Crippen molar-refractivity contribution in [1.29, 1.82) is 0 Å². The Morgan fingerprint density at radius 1 is 1.35 bits per heavy atom. The largest absolute Gasteiger partial charge is 0.493 e. The molecule has 31 heavy (non-hydrogen) atoms. The van der Waals surface area contributed by atoms with Gasteiger partial charge in [-0.05, 0) is 56.2 Å². The van der Waals surface area contributed by atoms with E-state index in [0.29, 0.717) is 17.8 Å². The zero-order valence-corrected chi connectivity index (χ0v) is 17.9. The Labute approximate surface area is 180 Å². The number of amides is 1. The Bertz CT molecular complexity index is 1210. The van der Waals surface area contributed by atoms with E-state index >= 15 is 0 Å². The molecule has 0 saturated heterocycles. The molecule has 1 N–H and O–H groups in total. The summed E-state index contributed by atoms with van der Waals surface area (Å²) in [4.78, 5) is 25.8. The van der Waals surface area contributed by atoms with Gasteiger partial charge in [-0.3, -0.25) is 14.3 Å². The van der Waals surface area contributed by atoms with Crippen molar-refractivity contribution < 1.29 is 9.53 Å². The zero-order valence-electron chi connectivity index (χ0n) is 17.9. The Morgan fingerprint density at radius 3 is 2.97 bits per heavy atom. The van der Waals surface area contributed by atoms with Crippen LogP contribution < -0.4 is 15.6 Å². The molecule has 1 aliphatic heterocycles. The van der Waals surface area contributed by atoms with Crippen LogP contribution in [0.25, 0.3) is 10.9 Å². The van der Waals surface area contributed by atoms with Crippen LogP contribution in [-0.4, -0.2) is 32.1 Å². The number of fused-ring (bicyclic) bond motifs is 2. The summed E-state index contributed by atoms with van der Waals surface area (Å²) in [6, 6.07) is 6.23. The lowest BCUT2D eigenvalue weighted by Gasteiger charge is -2.20. The summed E-state index contributed by atoms with van der Waals surface area (Å²) in [5, 5.41) is 12.5. The first-order chi connectivity index (χ1) is 15.0. The summed E-state index contributed by atoms with van der Waals surface area (Å²) in [6.45, 7) is 4.56. The number of hydrogen-bond donors (Lipinski definition) is 1. The highest BCUT2D eigenvalue weighted by molar-refractivity contribution is 5.81. The van der Waals surface area contributed by atoms with Crippen LogP contribution >= 0.6 is 0 Å². The molecule has 1 amide bonds. The number of nitrogens with one attached hydrogen (secondary N) is 1. The summed E-state index contributed by atoms with van der Waals surface area (Å²) in [7, 11) is 0. The minimum Gasteiger partial charge on any atom is -0.493 e. The topological polar surface area (TPSA) is 91.0 Å². The molecule has 5 rings (SSSR count). The molecule has 3 heterocycles. The maximum atomic E-state index is 13.1. The molecule has 3 aromatic rings. The van der Waals surface area contributed by atoms with Gasteiger partial charge in [-0.15, -0.1) is 0 Å². The molecule has 0 radical (unpaired) electrons. The summed E-state index contributed by atoms with van der Waals surface area (Å²) < 4.78 is 8.83. The van der Waals surface area contributed by atoms with Gasteiger partial charge in [0.2, 0.25) is 5.91 Å². The van der Waals surface area contributed by atoms with Gasteiger partial charge in [0.15, 0.2) is 0 Å². The van der Waals surface area contributed by atoms with Crippen LogP contribution in [-0.2, 0) is 24.2 Å². The van der Waals surface area contributed by atoms with Crippen molar-refractivity contribution in [1.82, 2.24) is 24.9 Å². The molecular formula is C23H27N5O3. The summed E-state index contributed by atoms with van der Waals surface area (Å²) in [5.74, 6) is 0.680. The van der Waals surface area contributed by atoms with Gasteiger partial charge < -0.3 is 10.1 Å². The molecule has 162 valence electrons. The minimum atomic E-state index is -0.255. The molecule has 0 bridgehead atoms. The lowest BCUT2D eigenvalue weighted by atomic mass is 10.00. The van der Waals surface area contributed by atoms with Crippen LogP contribution in [0.3, 0.4) is 0 Å². The third-order valence-corrected chi connectivity index (χ3v) is 6.12. The monoisotopic (exact) mass is 421 g/mol. The molecule has 1 aromatic carbocycles. The van der Waals surface area contributed by atoms with Crippen molar-refractivity contribution in [3.63, 3.8) is 0 Å². The number of ether oxygens (including phenoxy) is 1. The van der Waals surface area contributed by atoms with Gasteiger partial charge in [-0.25, -0.2) is 4.68 Å². The number of aryl methyl sites for hydroxylation is 2. The van der Waals surface area contributed by atoms with Gasteiger partial charge in [-0.1, -0.05) is 19.1 Å². The predicted molar refractivity (Wildman–Crippen MR) is 116 cm³/mol. The first-order valence-electron chi connectivity index (χ1n) is 11.1. The SMILES string of the molecule is CCc1nn(C2CC2)c2cnn(CC(=O)NC(C)c3ccc4c(c3)CCCO4)c(=O)c12. The maximum Gasteiger partial charge on any atom is 0.278 e. The summed E-state index contributed by atoms with van der Waals surface area (Å²) >= 11 is 0. The Kier molecular flexibility index (Phi) is 5.00. The van der Waals surface area contributed by atoms with Crippen molar-refractivity contribution in [2.45, 2.75) is 64.6 Å². The number of carbonyl (C=O) groups is 1. The van der Waals surface area contributed by atoms with Crippen molar-refractivity contribution in [2.24, 2.45) is 0 Å². The number of nitrogens with zero attached hydrogens (tertiary/aromatic N) is 4. The fourth-order valence-electron chi connectivity index (χ4n) is 4.27. The number of rotatable bonds is 6. The van der Waals surface area contributed by atoms with Crippen LogP contribution in [0.4, 0.5) is 0 Å². The second-order valence-corrected chi connectivity index (χ2v) is 8.45. The van der Waals surface area contributed by atoms with Gasteiger partial charge in [0.05, 0.1) is 41.5 Å². The van der Waals surface area contributed by atoms with E-state index in [-0.39, 0.29) is 24.1 Å². The van der Waals surface area contributed by atoms with Gasteiger partial charge >= 0.3 is 0 Å². The number of benzene rings is 1. The highest BCUT2D eigenvalue weighted by Gasteiger charge is 2.28. The second-order valence-electron chi connectivity index (χ2n) is 8.45. The average molecular weight is 422 g/mol. The molecule has 1 aliphatic carbocycles. The average Bonchev–Trinajstić information content (AvgIpc) is 3.55. The van der Waals surface area contributed by atoms with Crippen LogP contribution in [0.1, 0.15) is 62.0 Å². The lowest BCUT2D eigenvalue weighted by molar-refractivity contribution is -0.122. The fourth-order valence-corrected chi connectivity index (χ4v) is 4.27. The summed E-state index contributed by atoms with van der Waals surface area (Å²) in [6.07, 6.45) is 6.49. The highest BCUT2D eigenvalue weighted by Crippen LogP contribution is 2.36. The minimum absolute atomic E-state index is 0.120. The molecule has 1 atom stereocenters. The van der Waals surface area contributed by atoms with E-state index in [1.54, 1.807) is 6.20 Å². The van der Waals surface area contributed by atoms with E-state index < -0.39 is 0 Å². The number of aromatic nitrogens is 4. The van der Waals surface area contributed by atoms with E-state index in [1.165, 1.54) is 10.2 Å². The Morgan fingerprint density at radius 2 is 2.19 bits per heavy atom. The van der Waals surface area contributed by atoms with Crippen LogP contribution in [0.2, 0.25) is 0 Å². The summed E-state index contributed by atoms with van der Waals surface area (Å²) in [5.41, 5.74) is 3.48. The Balaban J connectivity index is 1.34. The molecule has 1 unspecified atom stereocenters. The van der Waals surface area contributed by atoms with Crippen molar-refractivity contribution in [3.05, 3.63) is 51.6 Å². The molecule has 2 aliphatic rings. The van der Waals surface area contributed by atoms with E-state index in [2.05, 4.69) is 21.6 Å². The first-order valence-corrected chi connectivity index (χ1v) is 11.1. The Hall–Kier alpha value is -3.16. The highest BCUT2D eigenvalue weighted by atomic mass is 16.5. The molecule has 1 saturated carbocycles. The van der Waals surface area contributed by atoms with Crippen molar-refractivity contribution in [2.75, 3.05) is 6.61 Å². The van der Waals surface area contributed by atoms with E-state index in [9.17, 15) is 9.59 Å². The molecule has 2 aromatic heterocycles. The van der Waals surface area contributed by atoms with Crippen LogP contribution in [0.5, 0.6) is 5.75 Å². The van der Waals surface area contributed by atoms with E-state index in [4.69, 9.17) is 4.74 Å². The maximum absolute atomic E-state index is 13.1. The van der Waals surface area contributed by atoms with Crippen LogP contribution in [0.15, 0.2) is 29.2 Å². The lowest BCUT2D eigenvalue weighted by Crippen LogP contribution is -2.35. The van der Waals surface area contributed by atoms with E-state index in [1.807, 2.05) is 30.7 Å². The van der Waals surface area contributed by atoms with Crippen molar-refractivity contribution in [3.8, 4) is 5.75 Å². The smallest absolute Gasteiger partial charge is 0.278 e. The first kappa shape index (κ1) is 19.8. The molecule has 8 heteroatoms. The normalized spacial score (nSPS) is 16.6. The van der Waals surface area contributed by atoms with Gasteiger partial charge in [0.25, 0.3) is 5.56 Å². The number of hydrogen-bond acceptors (Lipinski definition) is 5. The van der Waals surface area contributed by atoms with Gasteiger partial charge in [0, 0.05) is 0 Å². The zero-order chi connectivity index (χ0) is 21.5. The molecule has 8 nitrogen and oxygen atoms in total. The fraction of sp³-hybridized carbons (Fsp3) is 0.478. The van der Waals surface area contributed by atoms with Crippen molar-refractivity contribution >= 4 is 16.8 Å². The van der Waals surface area contributed by atoms with Gasteiger partial charge in [-0.2, -0.15) is 10.2 Å². The molecular weight excluding hydrogens is 394 g/mol. The second kappa shape index (κ2) is 7.83. The molecule has 1 fully saturated rings. The predicted octanol–water partition coefficient (Wildman–Crippen LogP) is 2.69. The van der Waals surface area contributed by atoms with Gasteiger partial charge in [0.1, 0.15) is 12.3 Å². The third kappa shape index (κ3) is 3.71. The van der Waals surface area contributed by atoms with Crippen LogP contribution in [0, 0.1) is 0 Å². The third-order valence-electron chi connectivity index (χ3n) is 6.12. The number of carbonyl (C=O) groups excluding carboxylic acids is 1. The quantitative estimate of drug-likeness (QED) is 0.661.